The second kappa shape index (κ2) is 5.46. The van der Waals surface area contributed by atoms with Gasteiger partial charge in [0.2, 0.25) is 0 Å². The van der Waals surface area contributed by atoms with Crippen molar-refractivity contribution in [3.05, 3.63) is 70.1 Å². The number of fused-ring (bicyclic) bond motifs is 1. The largest absolute Gasteiger partial charge is 0.478 e. The van der Waals surface area contributed by atoms with E-state index in [4.69, 9.17) is 11.6 Å². The number of aromatic carboxylic acids is 1. The van der Waals surface area contributed by atoms with E-state index in [1.165, 1.54) is 12.1 Å². The maximum Gasteiger partial charge on any atom is 0.338 e. The molecule has 0 bridgehead atoms. The first-order chi connectivity index (χ1) is 10.5. The van der Waals surface area contributed by atoms with Crippen LogP contribution in [0.1, 0.15) is 21.6 Å². The topological polar surface area (TPSA) is 42.2 Å². The highest BCUT2D eigenvalue weighted by Gasteiger charge is 2.19. The van der Waals surface area contributed by atoms with Crippen LogP contribution < -0.4 is 0 Å². The molecule has 3 rings (SSSR count). The minimum absolute atomic E-state index is 0.286. The van der Waals surface area contributed by atoms with E-state index < -0.39 is 11.8 Å². The molecule has 0 unspecified atom stereocenters. The lowest BCUT2D eigenvalue weighted by atomic mass is 10.1. The first kappa shape index (κ1) is 14.6. The van der Waals surface area contributed by atoms with Crippen molar-refractivity contribution in [2.24, 2.45) is 0 Å². The van der Waals surface area contributed by atoms with Gasteiger partial charge in [0.05, 0.1) is 5.56 Å². The van der Waals surface area contributed by atoms with Crippen LogP contribution in [0.15, 0.2) is 42.5 Å². The maximum absolute atomic E-state index is 13.2. The average Bonchev–Trinajstić information content (AvgIpc) is 2.74. The summed E-state index contributed by atoms with van der Waals surface area (Å²) in [6.45, 7) is 2.15. The number of para-hydroxylation sites is 1. The van der Waals surface area contributed by atoms with E-state index in [9.17, 15) is 14.3 Å². The van der Waals surface area contributed by atoms with Crippen LogP contribution in [-0.4, -0.2) is 15.6 Å². The van der Waals surface area contributed by atoms with E-state index >= 15 is 0 Å². The Labute approximate surface area is 131 Å². The third kappa shape index (κ3) is 2.35. The number of hydrogen-bond donors (Lipinski definition) is 1. The summed E-state index contributed by atoms with van der Waals surface area (Å²) >= 11 is 6.08. The van der Waals surface area contributed by atoms with E-state index in [0.717, 1.165) is 11.1 Å². The molecular weight excluding hydrogens is 305 g/mol. The van der Waals surface area contributed by atoms with Gasteiger partial charge in [0.15, 0.2) is 0 Å². The molecule has 0 aliphatic carbocycles. The molecule has 1 N–H and O–H groups in total. The zero-order chi connectivity index (χ0) is 15.9. The Morgan fingerprint density at radius 1 is 1.27 bits per heavy atom. The van der Waals surface area contributed by atoms with Gasteiger partial charge in [-0.2, -0.15) is 0 Å². The first-order valence-electron chi connectivity index (χ1n) is 6.74. The third-order valence-corrected chi connectivity index (χ3v) is 4.14. The van der Waals surface area contributed by atoms with Crippen LogP contribution in [0.25, 0.3) is 10.9 Å². The average molecular weight is 318 g/mol. The van der Waals surface area contributed by atoms with Crippen LogP contribution in [0, 0.1) is 12.7 Å². The summed E-state index contributed by atoms with van der Waals surface area (Å²) in [4.78, 5) is 11.5. The summed E-state index contributed by atoms with van der Waals surface area (Å²) in [6, 6.07) is 11.5. The van der Waals surface area contributed by atoms with Gasteiger partial charge < -0.3 is 9.67 Å². The molecule has 0 spiro atoms. The second-order valence-electron chi connectivity index (χ2n) is 5.10. The molecule has 0 radical (unpaired) electrons. The lowest BCUT2D eigenvalue weighted by molar-refractivity contribution is 0.0698. The SMILES string of the molecule is Cc1c(C(=O)O)c2ccccc2n1Cc1ccc(F)cc1Cl. The molecule has 0 aliphatic heterocycles. The van der Waals surface area contributed by atoms with Gasteiger partial charge in [-0.25, -0.2) is 9.18 Å². The van der Waals surface area contributed by atoms with Crippen molar-refractivity contribution in [2.75, 3.05) is 0 Å². The number of carboxylic acid groups (broad SMARTS) is 1. The molecule has 0 atom stereocenters. The summed E-state index contributed by atoms with van der Waals surface area (Å²) in [5.74, 6) is -1.35. The number of rotatable bonds is 3. The normalized spacial score (nSPS) is 11.0. The number of benzene rings is 2. The highest BCUT2D eigenvalue weighted by molar-refractivity contribution is 6.31. The molecule has 2 aromatic carbocycles. The Morgan fingerprint density at radius 2 is 2.00 bits per heavy atom. The van der Waals surface area contributed by atoms with E-state index in [1.807, 2.05) is 22.8 Å². The molecule has 5 heteroatoms. The van der Waals surface area contributed by atoms with Crippen LogP contribution in [0.2, 0.25) is 5.02 Å². The van der Waals surface area contributed by atoms with Crippen LogP contribution in [0.5, 0.6) is 0 Å². The van der Waals surface area contributed by atoms with Crippen molar-refractivity contribution in [1.82, 2.24) is 4.57 Å². The van der Waals surface area contributed by atoms with Crippen molar-refractivity contribution in [3.8, 4) is 0 Å². The van der Waals surface area contributed by atoms with Crippen molar-refractivity contribution >= 4 is 28.5 Å². The summed E-state index contributed by atoms with van der Waals surface area (Å²) in [7, 11) is 0. The quantitative estimate of drug-likeness (QED) is 0.773. The van der Waals surface area contributed by atoms with Crippen LogP contribution in [0.4, 0.5) is 4.39 Å². The molecule has 0 amide bonds. The van der Waals surface area contributed by atoms with Gasteiger partial charge in [-0.15, -0.1) is 0 Å². The van der Waals surface area contributed by atoms with Gasteiger partial charge in [-0.3, -0.25) is 0 Å². The Balaban J connectivity index is 2.19. The number of halogens is 2. The summed E-state index contributed by atoms with van der Waals surface area (Å²) < 4.78 is 15.0. The number of aromatic nitrogens is 1. The first-order valence-corrected chi connectivity index (χ1v) is 7.12. The van der Waals surface area contributed by atoms with E-state index in [-0.39, 0.29) is 5.56 Å². The lowest BCUT2D eigenvalue weighted by Gasteiger charge is -2.10. The standard InChI is InChI=1S/C17H13ClFNO2/c1-10-16(17(21)22)13-4-2-3-5-15(13)20(10)9-11-6-7-12(19)8-14(11)18/h2-8H,9H2,1H3,(H,21,22). The highest BCUT2D eigenvalue weighted by Crippen LogP contribution is 2.28. The Hall–Kier alpha value is -2.33. The molecule has 0 fully saturated rings. The predicted octanol–water partition coefficient (Wildman–Crippen LogP) is 4.49. The van der Waals surface area contributed by atoms with Gasteiger partial charge in [-0.05, 0) is 30.7 Å². The van der Waals surface area contributed by atoms with Gasteiger partial charge in [-0.1, -0.05) is 35.9 Å². The minimum atomic E-state index is -0.961. The van der Waals surface area contributed by atoms with E-state index in [2.05, 4.69) is 0 Å². The van der Waals surface area contributed by atoms with Gasteiger partial charge in [0.1, 0.15) is 5.82 Å². The molecule has 0 aliphatic rings. The summed E-state index contributed by atoms with van der Waals surface area (Å²) in [6.07, 6.45) is 0. The monoisotopic (exact) mass is 317 g/mol. The van der Waals surface area contributed by atoms with E-state index in [1.54, 1.807) is 19.1 Å². The molecule has 112 valence electrons. The molecule has 3 nitrogen and oxygen atoms in total. The maximum atomic E-state index is 13.2. The number of nitrogens with zero attached hydrogens (tertiary/aromatic N) is 1. The van der Waals surface area contributed by atoms with E-state index in [0.29, 0.717) is 22.6 Å². The molecule has 1 heterocycles. The van der Waals surface area contributed by atoms with Crippen LogP contribution in [-0.2, 0) is 6.54 Å². The summed E-state index contributed by atoms with van der Waals surface area (Å²) in [5.41, 5.74) is 2.49. The fraction of sp³-hybridized carbons (Fsp3) is 0.118. The Bertz CT molecular complexity index is 886. The number of carbonyl (C=O) groups is 1. The van der Waals surface area contributed by atoms with Crippen molar-refractivity contribution in [1.29, 1.82) is 0 Å². The minimum Gasteiger partial charge on any atom is -0.478 e. The van der Waals surface area contributed by atoms with Crippen molar-refractivity contribution < 1.29 is 14.3 Å². The predicted molar refractivity (Wildman–Crippen MR) is 84.1 cm³/mol. The van der Waals surface area contributed by atoms with Crippen LogP contribution >= 0.6 is 11.6 Å². The van der Waals surface area contributed by atoms with Crippen molar-refractivity contribution in [2.45, 2.75) is 13.5 Å². The highest BCUT2D eigenvalue weighted by atomic mass is 35.5. The summed E-state index contributed by atoms with van der Waals surface area (Å²) in [5, 5.41) is 10.5. The number of hydrogen-bond acceptors (Lipinski definition) is 1. The molecule has 1 aromatic heterocycles. The van der Waals surface area contributed by atoms with Gasteiger partial charge >= 0.3 is 5.97 Å². The molecule has 22 heavy (non-hydrogen) atoms. The lowest BCUT2D eigenvalue weighted by Crippen LogP contribution is -2.05. The zero-order valence-corrected chi connectivity index (χ0v) is 12.6. The fourth-order valence-corrected chi connectivity index (χ4v) is 2.95. The van der Waals surface area contributed by atoms with Gasteiger partial charge in [0.25, 0.3) is 0 Å². The third-order valence-electron chi connectivity index (χ3n) is 3.79. The van der Waals surface area contributed by atoms with Crippen molar-refractivity contribution in [3.63, 3.8) is 0 Å². The smallest absolute Gasteiger partial charge is 0.338 e. The zero-order valence-electron chi connectivity index (χ0n) is 11.8. The molecule has 3 aromatic rings. The molecule has 0 saturated carbocycles. The number of carboxylic acids is 1. The molecule has 0 saturated heterocycles. The Kier molecular flexibility index (Phi) is 3.62. The fourth-order valence-electron chi connectivity index (χ4n) is 2.72. The second-order valence-corrected chi connectivity index (χ2v) is 5.51. The van der Waals surface area contributed by atoms with Gasteiger partial charge in [0, 0.05) is 28.2 Å². The molecular formula is C17H13ClFNO2. The van der Waals surface area contributed by atoms with Crippen LogP contribution in [0.3, 0.4) is 0 Å². The Morgan fingerprint density at radius 3 is 2.68 bits per heavy atom.